The Balaban J connectivity index is 2.37. The molecule has 0 aromatic rings. The fraction of sp³-hybridized carbons (Fsp3) is 1.00. The SMILES string of the molecule is CCC(C)(C)C1CCC(CN)(NCCCCCO)CC1. The van der Waals surface area contributed by atoms with Crippen molar-refractivity contribution in [1.29, 1.82) is 0 Å². The Bertz CT molecular complexity index is 258. The number of rotatable bonds is 9. The lowest BCUT2D eigenvalue weighted by Crippen LogP contribution is -2.54. The van der Waals surface area contributed by atoms with Crippen LogP contribution in [0.5, 0.6) is 0 Å². The molecule has 3 nitrogen and oxygen atoms in total. The maximum atomic E-state index is 8.80. The van der Waals surface area contributed by atoms with Gasteiger partial charge in [0, 0.05) is 18.7 Å². The van der Waals surface area contributed by atoms with Crippen molar-refractivity contribution in [2.45, 2.75) is 77.7 Å². The highest BCUT2D eigenvalue weighted by molar-refractivity contribution is 4.96. The van der Waals surface area contributed by atoms with Crippen LogP contribution in [0.3, 0.4) is 0 Å². The van der Waals surface area contributed by atoms with Gasteiger partial charge >= 0.3 is 0 Å². The van der Waals surface area contributed by atoms with E-state index in [1.807, 2.05) is 0 Å². The van der Waals surface area contributed by atoms with Crippen LogP contribution in [0.1, 0.15) is 72.1 Å². The molecule has 1 rings (SSSR count). The van der Waals surface area contributed by atoms with Crippen molar-refractivity contribution in [1.82, 2.24) is 5.32 Å². The zero-order chi connectivity index (χ0) is 15.1. The topological polar surface area (TPSA) is 58.3 Å². The second-order valence-corrected chi connectivity index (χ2v) is 7.31. The molecule has 0 amide bonds. The minimum Gasteiger partial charge on any atom is -0.396 e. The molecular weight excluding hydrogens is 248 g/mol. The average Bonchev–Trinajstić information content (AvgIpc) is 2.47. The monoisotopic (exact) mass is 284 g/mol. The normalized spacial score (nSPS) is 27.8. The van der Waals surface area contributed by atoms with Crippen LogP contribution >= 0.6 is 0 Å². The van der Waals surface area contributed by atoms with Gasteiger partial charge in [-0.25, -0.2) is 0 Å². The zero-order valence-corrected chi connectivity index (χ0v) is 13.9. The average molecular weight is 284 g/mol. The summed E-state index contributed by atoms with van der Waals surface area (Å²) in [5.41, 5.74) is 6.72. The standard InChI is InChI=1S/C17H36N2O/c1-4-16(2,3)15-8-10-17(14-18,11-9-15)19-12-6-5-7-13-20/h15,19-20H,4-14,18H2,1-3H3. The van der Waals surface area contributed by atoms with Crippen molar-refractivity contribution in [3.63, 3.8) is 0 Å². The molecule has 1 fully saturated rings. The van der Waals surface area contributed by atoms with Crippen LogP contribution in [0.25, 0.3) is 0 Å². The first-order valence-corrected chi connectivity index (χ1v) is 8.55. The molecule has 0 heterocycles. The number of aliphatic hydroxyl groups is 1. The van der Waals surface area contributed by atoms with Gasteiger partial charge in [-0.3, -0.25) is 0 Å². The molecule has 0 radical (unpaired) electrons. The van der Waals surface area contributed by atoms with E-state index >= 15 is 0 Å². The largest absolute Gasteiger partial charge is 0.396 e. The van der Waals surface area contributed by atoms with Gasteiger partial charge in [0.25, 0.3) is 0 Å². The van der Waals surface area contributed by atoms with E-state index in [4.69, 9.17) is 10.8 Å². The summed E-state index contributed by atoms with van der Waals surface area (Å²) >= 11 is 0. The summed E-state index contributed by atoms with van der Waals surface area (Å²) in [7, 11) is 0. The van der Waals surface area contributed by atoms with Crippen molar-refractivity contribution in [2.75, 3.05) is 19.7 Å². The molecular formula is C17H36N2O. The van der Waals surface area contributed by atoms with Crippen LogP contribution in [0.15, 0.2) is 0 Å². The minimum atomic E-state index is 0.180. The molecule has 3 heteroatoms. The third-order valence-electron chi connectivity index (χ3n) is 5.68. The van der Waals surface area contributed by atoms with Crippen molar-refractivity contribution in [3.05, 3.63) is 0 Å². The second-order valence-electron chi connectivity index (χ2n) is 7.31. The van der Waals surface area contributed by atoms with Crippen molar-refractivity contribution >= 4 is 0 Å². The predicted octanol–water partition coefficient (Wildman–Crippen LogP) is 3.06. The second kappa shape index (κ2) is 8.35. The van der Waals surface area contributed by atoms with Crippen LogP contribution in [0, 0.1) is 11.3 Å². The Morgan fingerprint density at radius 1 is 1.20 bits per heavy atom. The first kappa shape index (κ1) is 17.9. The molecule has 20 heavy (non-hydrogen) atoms. The molecule has 0 bridgehead atoms. The third-order valence-corrected chi connectivity index (χ3v) is 5.68. The van der Waals surface area contributed by atoms with Gasteiger partial charge in [0.05, 0.1) is 0 Å². The van der Waals surface area contributed by atoms with Gasteiger partial charge < -0.3 is 16.2 Å². The molecule has 0 atom stereocenters. The highest BCUT2D eigenvalue weighted by atomic mass is 16.2. The fourth-order valence-corrected chi connectivity index (χ4v) is 3.46. The van der Waals surface area contributed by atoms with E-state index in [0.717, 1.165) is 38.3 Å². The summed E-state index contributed by atoms with van der Waals surface area (Å²) in [6.07, 6.45) is 9.49. The molecule has 120 valence electrons. The third kappa shape index (κ3) is 5.01. The van der Waals surface area contributed by atoms with Crippen LogP contribution in [-0.4, -0.2) is 30.3 Å². The van der Waals surface area contributed by atoms with E-state index in [1.165, 1.54) is 32.1 Å². The van der Waals surface area contributed by atoms with Crippen LogP contribution < -0.4 is 11.1 Å². The number of unbranched alkanes of at least 4 members (excludes halogenated alkanes) is 2. The van der Waals surface area contributed by atoms with Gasteiger partial charge in [-0.05, 0) is 62.8 Å². The van der Waals surface area contributed by atoms with E-state index in [2.05, 4.69) is 26.1 Å². The molecule has 1 aliphatic carbocycles. The Morgan fingerprint density at radius 2 is 1.85 bits per heavy atom. The molecule has 0 unspecified atom stereocenters. The van der Waals surface area contributed by atoms with E-state index in [-0.39, 0.29) is 5.54 Å². The lowest BCUT2D eigenvalue weighted by Gasteiger charge is -2.45. The summed E-state index contributed by atoms with van der Waals surface area (Å²) in [5, 5.41) is 12.5. The van der Waals surface area contributed by atoms with E-state index in [9.17, 15) is 0 Å². The maximum absolute atomic E-state index is 8.80. The van der Waals surface area contributed by atoms with Gasteiger partial charge in [0.2, 0.25) is 0 Å². The molecule has 0 spiro atoms. The lowest BCUT2D eigenvalue weighted by atomic mass is 9.65. The number of hydrogen-bond donors (Lipinski definition) is 3. The predicted molar refractivity (Wildman–Crippen MR) is 86.8 cm³/mol. The number of hydrogen-bond acceptors (Lipinski definition) is 3. The highest BCUT2D eigenvalue weighted by Gasteiger charge is 2.38. The maximum Gasteiger partial charge on any atom is 0.0431 e. The number of aliphatic hydroxyl groups excluding tert-OH is 1. The Morgan fingerprint density at radius 3 is 2.35 bits per heavy atom. The van der Waals surface area contributed by atoms with Crippen molar-refractivity contribution in [3.8, 4) is 0 Å². The number of nitrogens with one attached hydrogen (secondary N) is 1. The van der Waals surface area contributed by atoms with Crippen LogP contribution in [0.2, 0.25) is 0 Å². The van der Waals surface area contributed by atoms with Crippen molar-refractivity contribution < 1.29 is 5.11 Å². The summed E-state index contributed by atoms with van der Waals surface area (Å²) in [6.45, 7) is 9.25. The molecule has 0 aromatic carbocycles. The number of nitrogens with two attached hydrogens (primary N) is 1. The molecule has 0 aliphatic heterocycles. The molecule has 1 aliphatic rings. The van der Waals surface area contributed by atoms with Gasteiger partial charge in [-0.15, -0.1) is 0 Å². The van der Waals surface area contributed by atoms with Crippen molar-refractivity contribution in [2.24, 2.45) is 17.1 Å². The van der Waals surface area contributed by atoms with Crippen LogP contribution in [0.4, 0.5) is 0 Å². The smallest absolute Gasteiger partial charge is 0.0431 e. The van der Waals surface area contributed by atoms with Gasteiger partial charge in [0.1, 0.15) is 0 Å². The quantitative estimate of drug-likeness (QED) is 0.570. The summed E-state index contributed by atoms with van der Waals surface area (Å²) in [5.74, 6) is 0.850. The molecule has 0 aromatic heterocycles. The van der Waals surface area contributed by atoms with E-state index in [0.29, 0.717) is 12.0 Å². The first-order valence-electron chi connectivity index (χ1n) is 8.55. The van der Waals surface area contributed by atoms with Gasteiger partial charge in [-0.2, -0.15) is 0 Å². The van der Waals surface area contributed by atoms with Crippen LogP contribution in [-0.2, 0) is 0 Å². The summed E-state index contributed by atoms with van der Waals surface area (Å²) in [6, 6.07) is 0. The first-order chi connectivity index (χ1) is 9.49. The lowest BCUT2D eigenvalue weighted by molar-refractivity contribution is 0.102. The zero-order valence-electron chi connectivity index (χ0n) is 13.9. The molecule has 0 saturated heterocycles. The Hall–Kier alpha value is -0.120. The van der Waals surface area contributed by atoms with E-state index < -0.39 is 0 Å². The minimum absolute atomic E-state index is 0.180. The molecule has 1 saturated carbocycles. The highest BCUT2D eigenvalue weighted by Crippen LogP contribution is 2.43. The Kier molecular flexibility index (Phi) is 7.49. The van der Waals surface area contributed by atoms with Gasteiger partial charge in [0.15, 0.2) is 0 Å². The molecule has 4 N–H and O–H groups in total. The summed E-state index contributed by atoms with van der Waals surface area (Å²) < 4.78 is 0. The van der Waals surface area contributed by atoms with Gasteiger partial charge in [-0.1, -0.05) is 27.2 Å². The van der Waals surface area contributed by atoms with E-state index in [1.54, 1.807) is 0 Å². The fourth-order valence-electron chi connectivity index (χ4n) is 3.46. The summed E-state index contributed by atoms with van der Waals surface area (Å²) in [4.78, 5) is 0. The Labute approximate surface area is 125 Å².